The number of nitrogens with zero attached hydrogens (tertiary/aromatic N) is 7. The number of carboxylic acid groups (broad SMARTS) is 1. The van der Waals surface area contributed by atoms with E-state index in [1.807, 2.05) is 66.7 Å². The molecule has 0 bridgehead atoms. The van der Waals surface area contributed by atoms with Crippen molar-refractivity contribution in [1.29, 1.82) is 0 Å². The second-order valence-corrected chi connectivity index (χ2v) is 11.5. The number of anilines is 2. The average molecular weight is 680 g/mol. The maximum absolute atomic E-state index is 11.1. The molecule has 1 saturated heterocycles. The van der Waals surface area contributed by atoms with Crippen molar-refractivity contribution in [3.63, 3.8) is 0 Å². The van der Waals surface area contributed by atoms with Crippen molar-refractivity contribution < 1.29 is 30.0 Å². The van der Waals surface area contributed by atoms with Crippen molar-refractivity contribution in [1.82, 2.24) is 34.7 Å². The number of benzene rings is 3. The first kappa shape index (κ1) is 34.1. The van der Waals surface area contributed by atoms with Gasteiger partial charge in [0.2, 0.25) is 5.95 Å². The summed E-state index contributed by atoms with van der Waals surface area (Å²) >= 11 is 0. The van der Waals surface area contributed by atoms with Gasteiger partial charge in [-0.1, -0.05) is 91.0 Å². The lowest BCUT2D eigenvalue weighted by molar-refractivity contribution is -0.122. The molecule has 6 N–H and O–H groups in total. The molecule has 1 aliphatic heterocycles. The Kier molecular flexibility index (Phi) is 11.0. The van der Waals surface area contributed by atoms with Crippen molar-refractivity contribution >= 4 is 29.4 Å². The number of ether oxygens (including phenoxy) is 1. The van der Waals surface area contributed by atoms with Crippen LogP contribution in [0.25, 0.3) is 11.2 Å². The highest BCUT2D eigenvalue weighted by Gasteiger charge is 2.46. The van der Waals surface area contributed by atoms with Crippen molar-refractivity contribution in [2.75, 3.05) is 30.0 Å². The van der Waals surface area contributed by atoms with Gasteiger partial charge in [0, 0.05) is 19.0 Å². The predicted molar refractivity (Wildman–Crippen MR) is 183 cm³/mol. The van der Waals surface area contributed by atoms with Crippen molar-refractivity contribution in [2.24, 2.45) is 0 Å². The number of hydrogen-bond donors (Lipinski definition) is 6. The van der Waals surface area contributed by atoms with E-state index in [2.05, 4.69) is 49.7 Å². The first-order valence-corrected chi connectivity index (χ1v) is 16.0. The SMILES string of the molecule is O=CO.OCN(CCc1ccccc1)c1nc(NCC(c2ccccc2)c2ccccc2)c2ncn([C@@H]3O[C@H](c4nnc[nH]4)[C@@H](O)[C@H]3O)c2n1. The van der Waals surface area contributed by atoms with E-state index in [0.29, 0.717) is 42.3 Å². The maximum Gasteiger partial charge on any atom is 0.290 e. The van der Waals surface area contributed by atoms with Crippen LogP contribution in [-0.4, -0.2) is 93.6 Å². The van der Waals surface area contributed by atoms with E-state index >= 15 is 0 Å². The number of fused-ring (bicyclic) bond motifs is 1. The third-order valence-corrected chi connectivity index (χ3v) is 8.47. The van der Waals surface area contributed by atoms with E-state index in [4.69, 9.17) is 24.6 Å². The Morgan fingerprint density at radius 3 is 2.18 bits per heavy atom. The molecule has 4 atom stereocenters. The molecule has 4 heterocycles. The molecule has 3 aromatic heterocycles. The summed E-state index contributed by atoms with van der Waals surface area (Å²) in [6, 6.07) is 30.4. The van der Waals surface area contributed by atoms with Crippen LogP contribution in [0.2, 0.25) is 0 Å². The summed E-state index contributed by atoms with van der Waals surface area (Å²) in [5, 5.41) is 50.6. The number of carbonyl (C=O) groups is 1. The molecule has 3 aromatic carbocycles. The number of aromatic amines is 1. The molecule has 0 unspecified atom stereocenters. The Labute approximate surface area is 286 Å². The van der Waals surface area contributed by atoms with E-state index in [1.165, 1.54) is 12.7 Å². The fourth-order valence-electron chi connectivity index (χ4n) is 5.97. The molecule has 0 aliphatic carbocycles. The molecular formula is C35H37N9O6. The van der Waals surface area contributed by atoms with E-state index in [1.54, 1.807) is 9.47 Å². The minimum Gasteiger partial charge on any atom is -0.483 e. The molecule has 0 amide bonds. The highest BCUT2D eigenvalue weighted by molar-refractivity contribution is 5.84. The van der Waals surface area contributed by atoms with Gasteiger partial charge >= 0.3 is 0 Å². The molecule has 1 fully saturated rings. The highest BCUT2D eigenvalue weighted by Crippen LogP contribution is 2.39. The number of rotatable bonds is 12. The number of aliphatic hydroxyl groups is 3. The molecule has 0 spiro atoms. The Bertz CT molecular complexity index is 1890. The first-order chi connectivity index (χ1) is 24.5. The van der Waals surface area contributed by atoms with Crippen molar-refractivity contribution in [3.05, 3.63) is 126 Å². The number of hydrogen-bond acceptors (Lipinski definition) is 12. The van der Waals surface area contributed by atoms with Crippen LogP contribution in [0.3, 0.4) is 0 Å². The zero-order chi connectivity index (χ0) is 34.9. The second kappa shape index (κ2) is 16.1. The van der Waals surface area contributed by atoms with Gasteiger partial charge in [0.15, 0.2) is 29.0 Å². The van der Waals surface area contributed by atoms with Crippen molar-refractivity contribution in [2.45, 2.75) is 36.9 Å². The van der Waals surface area contributed by atoms with Gasteiger partial charge in [-0.15, -0.1) is 10.2 Å². The van der Waals surface area contributed by atoms with Gasteiger partial charge < -0.3 is 40.4 Å². The number of nitrogens with one attached hydrogen (secondary N) is 2. The molecule has 258 valence electrons. The summed E-state index contributed by atoms with van der Waals surface area (Å²) in [5.74, 6) is 1.02. The number of imidazole rings is 1. The summed E-state index contributed by atoms with van der Waals surface area (Å²) in [5.41, 5.74) is 4.19. The standard InChI is InChI=1S/C34H35N9O4.CH2O2/c44-21-42(17-16-22-10-4-1-5-11-22)34-39-30(35-18-25(23-12-6-2-7-13-23)24-14-8-3-9-15-24)26-32(40-34)43(20-37-26)33-28(46)27(45)29(47-33)31-36-19-38-41-31;2-1-3/h1-15,19-20,25,27-29,33,44-46H,16-18,21H2,(H,35,39,40)(H,36,38,41);1H,(H,2,3)/t27-,28+,29-,33+;/m0./s1. The highest BCUT2D eigenvalue weighted by atomic mass is 16.6. The Hall–Kier alpha value is -5.74. The van der Waals surface area contributed by atoms with Gasteiger partial charge in [0.05, 0.1) is 6.33 Å². The number of aromatic nitrogens is 7. The molecule has 0 saturated carbocycles. The first-order valence-electron chi connectivity index (χ1n) is 16.0. The van der Waals surface area contributed by atoms with Crippen LogP contribution < -0.4 is 10.2 Å². The maximum atomic E-state index is 11.1. The van der Waals surface area contributed by atoms with Gasteiger partial charge in [-0.3, -0.25) is 9.36 Å². The minimum atomic E-state index is -1.31. The second-order valence-electron chi connectivity index (χ2n) is 11.5. The average Bonchev–Trinajstić information content (AvgIpc) is 3.91. The van der Waals surface area contributed by atoms with Crippen LogP contribution in [0.15, 0.2) is 104 Å². The normalized spacial score (nSPS) is 18.5. The number of H-pyrrole nitrogens is 1. The van der Waals surface area contributed by atoms with Crippen LogP contribution in [0.5, 0.6) is 0 Å². The fraction of sp³-hybridized carbons (Fsp3) is 0.257. The predicted octanol–water partition coefficient (Wildman–Crippen LogP) is 2.88. The largest absolute Gasteiger partial charge is 0.483 e. The lowest BCUT2D eigenvalue weighted by Gasteiger charge is -2.23. The molecule has 6 aromatic rings. The van der Waals surface area contributed by atoms with Gasteiger partial charge in [-0.05, 0) is 23.1 Å². The zero-order valence-corrected chi connectivity index (χ0v) is 26.8. The quantitative estimate of drug-likeness (QED) is 0.0814. The summed E-state index contributed by atoms with van der Waals surface area (Å²) in [6.07, 6.45) is -1.01. The summed E-state index contributed by atoms with van der Waals surface area (Å²) < 4.78 is 7.69. The van der Waals surface area contributed by atoms with Gasteiger partial charge in [-0.25, -0.2) is 4.98 Å². The summed E-state index contributed by atoms with van der Waals surface area (Å²) in [4.78, 5) is 27.2. The molecular weight excluding hydrogens is 642 g/mol. The van der Waals surface area contributed by atoms with Crippen LogP contribution >= 0.6 is 0 Å². The Morgan fingerprint density at radius 2 is 1.58 bits per heavy atom. The third-order valence-electron chi connectivity index (χ3n) is 8.47. The van der Waals surface area contributed by atoms with Crippen molar-refractivity contribution in [3.8, 4) is 0 Å². The smallest absolute Gasteiger partial charge is 0.290 e. The molecule has 1 aliphatic rings. The van der Waals surface area contributed by atoms with E-state index < -0.39 is 24.5 Å². The van der Waals surface area contributed by atoms with E-state index in [9.17, 15) is 15.3 Å². The summed E-state index contributed by atoms with van der Waals surface area (Å²) in [6.45, 7) is 0.368. The van der Waals surface area contributed by atoms with Crippen LogP contribution in [0.1, 0.15) is 40.8 Å². The van der Waals surface area contributed by atoms with Crippen LogP contribution in [-0.2, 0) is 16.0 Å². The number of aliphatic hydroxyl groups excluding tert-OH is 3. The zero-order valence-electron chi connectivity index (χ0n) is 26.8. The lowest BCUT2D eigenvalue weighted by Crippen LogP contribution is -2.30. The Morgan fingerprint density at radius 1 is 0.940 bits per heavy atom. The summed E-state index contributed by atoms with van der Waals surface area (Å²) in [7, 11) is 0. The fourth-order valence-corrected chi connectivity index (χ4v) is 5.97. The monoisotopic (exact) mass is 679 g/mol. The topological polar surface area (TPSA) is 208 Å². The molecule has 15 heteroatoms. The van der Waals surface area contributed by atoms with E-state index in [0.717, 1.165) is 16.7 Å². The van der Waals surface area contributed by atoms with Gasteiger partial charge in [0.1, 0.15) is 31.4 Å². The molecule has 15 nitrogen and oxygen atoms in total. The molecule has 50 heavy (non-hydrogen) atoms. The van der Waals surface area contributed by atoms with Crippen LogP contribution in [0, 0.1) is 0 Å². The third kappa shape index (κ3) is 7.45. The van der Waals surface area contributed by atoms with E-state index in [-0.39, 0.29) is 25.1 Å². The van der Waals surface area contributed by atoms with Gasteiger partial charge in [-0.2, -0.15) is 9.97 Å². The molecule has 0 radical (unpaired) electrons. The Balaban J connectivity index is 0.00000139. The lowest BCUT2D eigenvalue weighted by atomic mass is 9.91. The van der Waals surface area contributed by atoms with Crippen LogP contribution in [0.4, 0.5) is 11.8 Å². The minimum absolute atomic E-state index is 0.00206. The van der Waals surface area contributed by atoms with Gasteiger partial charge in [0.25, 0.3) is 6.47 Å². The molecule has 7 rings (SSSR count).